The Labute approximate surface area is 103 Å². The van der Waals surface area contributed by atoms with Crippen molar-refractivity contribution in [1.29, 1.82) is 0 Å². The number of carbonyl (C=O) groups excluding carboxylic acids is 1. The van der Waals surface area contributed by atoms with Gasteiger partial charge in [-0.1, -0.05) is 11.6 Å². The van der Waals surface area contributed by atoms with Crippen molar-refractivity contribution in [3.63, 3.8) is 0 Å². The molecule has 0 amide bonds. The third kappa shape index (κ3) is 2.53. The number of hydrogen-bond donors (Lipinski definition) is 0. The third-order valence-electron chi connectivity index (χ3n) is 2.41. The van der Waals surface area contributed by atoms with E-state index in [0.29, 0.717) is 17.6 Å². The first-order valence-corrected chi connectivity index (χ1v) is 5.29. The Morgan fingerprint density at radius 2 is 1.83 bits per heavy atom. The minimum absolute atomic E-state index is 0.140. The molecule has 0 spiro atoms. The van der Waals surface area contributed by atoms with Crippen LogP contribution in [0.3, 0.4) is 0 Å². The molecule has 2 rings (SSSR count). The Bertz CT molecular complexity index is 594. The van der Waals surface area contributed by atoms with Crippen LogP contribution < -0.4 is 4.74 Å². The number of benzene rings is 2. The van der Waals surface area contributed by atoms with E-state index in [1.807, 2.05) is 6.92 Å². The number of aryl methyl sites for hydroxylation is 1. The van der Waals surface area contributed by atoms with Crippen LogP contribution >= 0.6 is 0 Å². The first kappa shape index (κ1) is 12.2. The second-order valence-corrected chi connectivity index (χ2v) is 3.84. The van der Waals surface area contributed by atoms with Crippen molar-refractivity contribution in [3.05, 3.63) is 59.2 Å². The maximum absolute atomic E-state index is 13.0. The highest BCUT2D eigenvalue weighted by Crippen LogP contribution is 2.26. The molecule has 0 bridgehead atoms. The van der Waals surface area contributed by atoms with Gasteiger partial charge in [0.1, 0.15) is 11.5 Å². The summed E-state index contributed by atoms with van der Waals surface area (Å²) in [6.07, 6.45) is 0.655. The summed E-state index contributed by atoms with van der Waals surface area (Å²) < 4.78 is 31.1. The molecule has 2 aromatic rings. The van der Waals surface area contributed by atoms with Gasteiger partial charge in [-0.25, -0.2) is 8.78 Å². The van der Waals surface area contributed by atoms with E-state index >= 15 is 0 Å². The quantitative estimate of drug-likeness (QED) is 0.770. The van der Waals surface area contributed by atoms with Gasteiger partial charge in [0.25, 0.3) is 0 Å². The highest BCUT2D eigenvalue weighted by molar-refractivity contribution is 5.79. The summed E-state index contributed by atoms with van der Waals surface area (Å²) in [7, 11) is 0. The van der Waals surface area contributed by atoms with Crippen molar-refractivity contribution >= 4 is 6.29 Å². The Morgan fingerprint density at radius 1 is 1.06 bits per heavy atom. The zero-order valence-corrected chi connectivity index (χ0v) is 9.61. The molecule has 0 saturated carbocycles. The van der Waals surface area contributed by atoms with Crippen LogP contribution in [-0.2, 0) is 0 Å². The van der Waals surface area contributed by atoms with E-state index < -0.39 is 11.6 Å². The van der Waals surface area contributed by atoms with Crippen LogP contribution in [0.25, 0.3) is 0 Å². The van der Waals surface area contributed by atoms with Gasteiger partial charge in [0, 0.05) is 6.07 Å². The first-order chi connectivity index (χ1) is 8.60. The standard InChI is InChI=1S/C14H10F2O2/c1-9-2-5-14(10(6-9)8-17)18-11-3-4-12(15)13(16)7-11/h2-8H,1H3. The van der Waals surface area contributed by atoms with Crippen molar-refractivity contribution in [3.8, 4) is 11.5 Å². The Balaban J connectivity index is 2.33. The van der Waals surface area contributed by atoms with E-state index in [9.17, 15) is 13.6 Å². The lowest BCUT2D eigenvalue weighted by Crippen LogP contribution is -1.92. The van der Waals surface area contributed by atoms with Gasteiger partial charge >= 0.3 is 0 Å². The number of ether oxygens (including phenoxy) is 1. The number of hydrogen-bond acceptors (Lipinski definition) is 2. The van der Waals surface area contributed by atoms with Crippen LogP contribution in [0.4, 0.5) is 8.78 Å². The molecule has 0 aliphatic carbocycles. The fraction of sp³-hybridized carbons (Fsp3) is 0.0714. The fourth-order valence-electron chi connectivity index (χ4n) is 1.52. The zero-order chi connectivity index (χ0) is 13.1. The first-order valence-electron chi connectivity index (χ1n) is 5.29. The molecule has 18 heavy (non-hydrogen) atoms. The molecule has 0 unspecified atom stereocenters. The van der Waals surface area contributed by atoms with Crippen LogP contribution in [0.1, 0.15) is 15.9 Å². The fourth-order valence-corrected chi connectivity index (χ4v) is 1.52. The maximum Gasteiger partial charge on any atom is 0.162 e. The lowest BCUT2D eigenvalue weighted by atomic mass is 10.1. The van der Waals surface area contributed by atoms with Crippen molar-refractivity contribution in [2.24, 2.45) is 0 Å². The van der Waals surface area contributed by atoms with Crippen molar-refractivity contribution in [2.45, 2.75) is 6.92 Å². The minimum Gasteiger partial charge on any atom is -0.457 e. The molecule has 2 nitrogen and oxygen atoms in total. The Morgan fingerprint density at radius 3 is 2.50 bits per heavy atom. The predicted molar refractivity (Wildman–Crippen MR) is 63.0 cm³/mol. The number of rotatable bonds is 3. The van der Waals surface area contributed by atoms with Gasteiger partial charge in [-0.3, -0.25) is 4.79 Å². The zero-order valence-electron chi connectivity index (χ0n) is 9.61. The van der Waals surface area contributed by atoms with Crippen LogP contribution in [0.5, 0.6) is 11.5 Å². The molecule has 0 fully saturated rings. The topological polar surface area (TPSA) is 26.3 Å². The van der Waals surface area contributed by atoms with Crippen LogP contribution in [0.2, 0.25) is 0 Å². The molecule has 4 heteroatoms. The summed E-state index contributed by atoms with van der Waals surface area (Å²) in [5.74, 6) is -1.49. The smallest absolute Gasteiger partial charge is 0.162 e. The van der Waals surface area contributed by atoms with E-state index in [2.05, 4.69) is 0 Å². The summed E-state index contributed by atoms with van der Waals surface area (Å²) in [4.78, 5) is 10.9. The van der Waals surface area contributed by atoms with Gasteiger partial charge in [0.15, 0.2) is 17.9 Å². The van der Waals surface area contributed by atoms with Gasteiger partial charge in [0.05, 0.1) is 5.56 Å². The van der Waals surface area contributed by atoms with E-state index in [1.54, 1.807) is 18.2 Å². The average Bonchev–Trinajstić information content (AvgIpc) is 2.36. The Kier molecular flexibility index (Phi) is 3.37. The lowest BCUT2D eigenvalue weighted by Gasteiger charge is -2.08. The third-order valence-corrected chi connectivity index (χ3v) is 2.41. The molecule has 0 radical (unpaired) electrons. The van der Waals surface area contributed by atoms with Gasteiger partial charge in [-0.2, -0.15) is 0 Å². The summed E-state index contributed by atoms with van der Waals surface area (Å²) in [5.41, 5.74) is 1.27. The molecular weight excluding hydrogens is 238 g/mol. The van der Waals surface area contributed by atoms with E-state index in [-0.39, 0.29) is 5.75 Å². The van der Waals surface area contributed by atoms with E-state index in [4.69, 9.17) is 4.74 Å². The summed E-state index contributed by atoms with van der Waals surface area (Å²) in [6.45, 7) is 1.84. The highest BCUT2D eigenvalue weighted by Gasteiger charge is 2.07. The van der Waals surface area contributed by atoms with Crippen molar-refractivity contribution < 1.29 is 18.3 Å². The van der Waals surface area contributed by atoms with Gasteiger partial charge in [0.2, 0.25) is 0 Å². The summed E-state index contributed by atoms with van der Waals surface area (Å²) >= 11 is 0. The number of aldehydes is 1. The van der Waals surface area contributed by atoms with Crippen molar-refractivity contribution in [2.75, 3.05) is 0 Å². The number of carbonyl (C=O) groups is 1. The van der Waals surface area contributed by atoms with E-state index in [0.717, 1.165) is 17.7 Å². The molecule has 0 N–H and O–H groups in total. The molecule has 0 aliphatic heterocycles. The lowest BCUT2D eigenvalue weighted by molar-refractivity contribution is 0.112. The normalized spacial score (nSPS) is 10.2. The summed E-state index contributed by atoms with van der Waals surface area (Å²) in [5, 5.41) is 0. The minimum atomic E-state index is -0.993. The molecule has 0 aromatic heterocycles. The van der Waals surface area contributed by atoms with E-state index in [1.165, 1.54) is 6.07 Å². The van der Waals surface area contributed by atoms with Gasteiger partial charge in [-0.15, -0.1) is 0 Å². The van der Waals surface area contributed by atoms with Crippen LogP contribution in [0.15, 0.2) is 36.4 Å². The van der Waals surface area contributed by atoms with Crippen LogP contribution in [0, 0.1) is 18.6 Å². The molecule has 2 aromatic carbocycles. The number of halogens is 2. The maximum atomic E-state index is 13.0. The second-order valence-electron chi connectivity index (χ2n) is 3.84. The molecule has 0 saturated heterocycles. The largest absolute Gasteiger partial charge is 0.457 e. The molecule has 92 valence electrons. The molecule has 0 atom stereocenters. The summed E-state index contributed by atoms with van der Waals surface area (Å²) in [6, 6.07) is 8.24. The molecule has 0 aliphatic rings. The second kappa shape index (κ2) is 4.96. The Hall–Kier alpha value is -2.23. The highest BCUT2D eigenvalue weighted by atomic mass is 19.2. The van der Waals surface area contributed by atoms with Gasteiger partial charge in [-0.05, 0) is 31.2 Å². The molecular formula is C14H10F2O2. The SMILES string of the molecule is Cc1ccc(Oc2ccc(F)c(F)c2)c(C=O)c1. The predicted octanol–water partition coefficient (Wildman–Crippen LogP) is 3.88. The monoisotopic (exact) mass is 248 g/mol. The van der Waals surface area contributed by atoms with Gasteiger partial charge < -0.3 is 4.74 Å². The van der Waals surface area contributed by atoms with Crippen molar-refractivity contribution in [1.82, 2.24) is 0 Å². The average molecular weight is 248 g/mol. The molecule has 0 heterocycles. The van der Waals surface area contributed by atoms with Crippen LogP contribution in [-0.4, -0.2) is 6.29 Å².